The molecular formula is C19H26N6O2S. The first-order valence-corrected chi connectivity index (χ1v) is 10.5. The lowest BCUT2D eigenvalue weighted by atomic mass is 9.94. The summed E-state index contributed by atoms with van der Waals surface area (Å²) in [6, 6.07) is 0. The summed E-state index contributed by atoms with van der Waals surface area (Å²) in [5.41, 5.74) is 1.68. The standard InChI is InChI=1S/C19H26N6O2S/c1-5-24(6-2)8-7-20-17(26)15-22-16-14-12-9-19(3,4)27-10-13(12)28-18(14)21-11-25(16)23-15/h11H,5-10H2,1-4H3,(H,20,26). The summed E-state index contributed by atoms with van der Waals surface area (Å²) in [7, 11) is 0. The van der Waals surface area contributed by atoms with Gasteiger partial charge in [-0.05, 0) is 32.5 Å². The highest BCUT2D eigenvalue weighted by Crippen LogP contribution is 2.39. The minimum atomic E-state index is -0.253. The highest BCUT2D eigenvalue weighted by molar-refractivity contribution is 7.19. The van der Waals surface area contributed by atoms with Gasteiger partial charge in [0.2, 0.25) is 5.82 Å². The van der Waals surface area contributed by atoms with E-state index in [4.69, 9.17) is 4.74 Å². The van der Waals surface area contributed by atoms with E-state index in [1.807, 2.05) is 0 Å². The highest BCUT2D eigenvalue weighted by atomic mass is 32.1. The van der Waals surface area contributed by atoms with E-state index < -0.39 is 0 Å². The first kappa shape index (κ1) is 19.2. The lowest BCUT2D eigenvalue weighted by Gasteiger charge is -2.30. The zero-order valence-electron chi connectivity index (χ0n) is 16.8. The minimum absolute atomic E-state index is 0.181. The Morgan fingerprint density at radius 2 is 2.18 bits per heavy atom. The van der Waals surface area contributed by atoms with Crippen molar-refractivity contribution in [2.45, 2.75) is 46.3 Å². The predicted octanol–water partition coefficient (Wildman–Crippen LogP) is 2.26. The van der Waals surface area contributed by atoms with Gasteiger partial charge in [0.05, 0.1) is 17.6 Å². The Morgan fingerprint density at radius 3 is 2.93 bits per heavy atom. The van der Waals surface area contributed by atoms with Crippen molar-refractivity contribution < 1.29 is 9.53 Å². The number of nitrogens with one attached hydrogen (secondary N) is 1. The highest BCUT2D eigenvalue weighted by Gasteiger charge is 2.31. The van der Waals surface area contributed by atoms with Gasteiger partial charge in [-0.1, -0.05) is 13.8 Å². The quantitative estimate of drug-likeness (QED) is 0.681. The van der Waals surface area contributed by atoms with Gasteiger partial charge in [0.1, 0.15) is 11.2 Å². The van der Waals surface area contributed by atoms with Gasteiger partial charge >= 0.3 is 0 Å². The molecule has 8 nitrogen and oxygen atoms in total. The number of carbonyl (C=O) groups is 1. The Kier molecular flexibility index (Phi) is 5.07. The van der Waals surface area contributed by atoms with Gasteiger partial charge in [-0.2, -0.15) is 0 Å². The molecule has 9 heteroatoms. The van der Waals surface area contributed by atoms with Crippen LogP contribution in [0.5, 0.6) is 0 Å². The molecule has 150 valence electrons. The van der Waals surface area contributed by atoms with E-state index in [9.17, 15) is 4.79 Å². The van der Waals surface area contributed by atoms with Gasteiger partial charge in [0.15, 0.2) is 5.65 Å². The normalized spacial score (nSPS) is 16.0. The summed E-state index contributed by atoms with van der Waals surface area (Å²) in [6.07, 6.45) is 2.42. The first-order chi connectivity index (χ1) is 13.4. The lowest BCUT2D eigenvalue weighted by molar-refractivity contribution is -0.0379. The predicted molar refractivity (Wildman–Crippen MR) is 109 cm³/mol. The van der Waals surface area contributed by atoms with Crippen LogP contribution in [0.2, 0.25) is 0 Å². The molecule has 28 heavy (non-hydrogen) atoms. The maximum atomic E-state index is 12.5. The van der Waals surface area contributed by atoms with E-state index in [0.717, 1.165) is 36.3 Å². The number of carbonyl (C=O) groups excluding carboxylic acids is 1. The summed E-state index contributed by atoms with van der Waals surface area (Å²) in [4.78, 5) is 26.0. The van der Waals surface area contributed by atoms with Gasteiger partial charge in [0, 0.05) is 24.4 Å². The molecule has 3 aromatic rings. The molecule has 0 saturated carbocycles. The molecular weight excluding hydrogens is 376 g/mol. The van der Waals surface area contributed by atoms with Gasteiger partial charge < -0.3 is 15.0 Å². The van der Waals surface area contributed by atoms with Crippen molar-refractivity contribution in [3.8, 4) is 0 Å². The number of nitrogens with zero attached hydrogens (tertiary/aromatic N) is 5. The molecule has 0 saturated heterocycles. The molecule has 4 rings (SSSR count). The smallest absolute Gasteiger partial charge is 0.291 e. The number of hydrogen-bond donors (Lipinski definition) is 1. The van der Waals surface area contributed by atoms with Gasteiger partial charge in [-0.3, -0.25) is 4.79 Å². The fourth-order valence-corrected chi connectivity index (χ4v) is 4.65. The van der Waals surface area contributed by atoms with Gasteiger partial charge in [0.25, 0.3) is 5.91 Å². The zero-order valence-corrected chi connectivity index (χ0v) is 17.6. The van der Waals surface area contributed by atoms with Crippen LogP contribution in [0.25, 0.3) is 15.9 Å². The summed E-state index contributed by atoms with van der Waals surface area (Å²) >= 11 is 1.63. The molecule has 0 aliphatic carbocycles. The van der Waals surface area contributed by atoms with Gasteiger partial charge in [-0.25, -0.2) is 14.5 Å². The molecule has 1 N–H and O–H groups in total. The molecule has 1 aliphatic rings. The van der Waals surface area contributed by atoms with Gasteiger partial charge in [-0.15, -0.1) is 16.4 Å². The van der Waals surface area contributed by atoms with Crippen LogP contribution >= 0.6 is 11.3 Å². The largest absolute Gasteiger partial charge is 0.370 e. The molecule has 4 heterocycles. The first-order valence-electron chi connectivity index (χ1n) is 9.72. The summed E-state index contributed by atoms with van der Waals surface area (Å²) in [5.74, 6) is -0.0723. The summed E-state index contributed by atoms with van der Waals surface area (Å²) in [5, 5.41) is 8.27. The van der Waals surface area contributed by atoms with Crippen LogP contribution in [0.1, 0.15) is 48.8 Å². The van der Waals surface area contributed by atoms with Crippen molar-refractivity contribution in [3.63, 3.8) is 0 Å². The molecule has 1 aliphatic heterocycles. The lowest BCUT2D eigenvalue weighted by Crippen LogP contribution is -2.35. The van der Waals surface area contributed by atoms with Crippen molar-refractivity contribution in [1.29, 1.82) is 0 Å². The Labute approximate surface area is 167 Å². The summed E-state index contributed by atoms with van der Waals surface area (Å²) in [6.45, 7) is 12.3. The number of aromatic nitrogens is 4. The molecule has 0 radical (unpaired) electrons. The Balaban J connectivity index is 1.63. The third-order valence-corrected chi connectivity index (χ3v) is 6.33. The van der Waals surface area contributed by atoms with E-state index >= 15 is 0 Å². The molecule has 0 unspecified atom stereocenters. The second kappa shape index (κ2) is 7.38. The van der Waals surface area contributed by atoms with Crippen LogP contribution in [-0.4, -0.2) is 62.2 Å². The molecule has 0 aromatic carbocycles. The topological polar surface area (TPSA) is 84.7 Å². The van der Waals surface area contributed by atoms with Crippen LogP contribution in [0.3, 0.4) is 0 Å². The van der Waals surface area contributed by atoms with Crippen LogP contribution in [0.4, 0.5) is 0 Å². The monoisotopic (exact) mass is 402 g/mol. The van der Waals surface area contributed by atoms with Crippen LogP contribution in [0, 0.1) is 0 Å². The fourth-order valence-electron chi connectivity index (χ4n) is 3.58. The van der Waals surface area contributed by atoms with E-state index in [2.05, 4.69) is 53.0 Å². The van der Waals surface area contributed by atoms with E-state index in [-0.39, 0.29) is 17.3 Å². The average molecular weight is 403 g/mol. The fraction of sp³-hybridized carbons (Fsp3) is 0.579. The van der Waals surface area contributed by atoms with Crippen molar-refractivity contribution in [2.24, 2.45) is 0 Å². The SMILES string of the molecule is CCN(CC)CCNC(=O)c1nc2c3c4c(sc3ncn2n1)COC(C)(C)C4. The number of hydrogen-bond acceptors (Lipinski definition) is 7. The molecule has 0 atom stereocenters. The number of likely N-dealkylation sites (N-methyl/N-ethyl adjacent to an activating group) is 1. The average Bonchev–Trinajstić information content (AvgIpc) is 3.25. The number of fused-ring (bicyclic) bond motifs is 5. The second-order valence-corrected chi connectivity index (χ2v) is 8.72. The number of thiophene rings is 1. The summed E-state index contributed by atoms with van der Waals surface area (Å²) < 4.78 is 7.54. The Bertz CT molecular complexity index is 1020. The Morgan fingerprint density at radius 1 is 1.39 bits per heavy atom. The van der Waals surface area contributed by atoms with Crippen molar-refractivity contribution in [2.75, 3.05) is 26.2 Å². The van der Waals surface area contributed by atoms with Crippen molar-refractivity contribution in [1.82, 2.24) is 29.8 Å². The molecule has 3 aromatic heterocycles. The van der Waals surface area contributed by atoms with Crippen molar-refractivity contribution >= 4 is 33.1 Å². The number of rotatable bonds is 6. The van der Waals surface area contributed by atoms with Crippen LogP contribution in [-0.2, 0) is 17.8 Å². The second-order valence-electron chi connectivity index (χ2n) is 7.64. The van der Waals surface area contributed by atoms with E-state index in [0.29, 0.717) is 18.8 Å². The molecule has 1 amide bonds. The number of amides is 1. The zero-order chi connectivity index (χ0) is 19.9. The molecule has 0 bridgehead atoms. The third kappa shape index (κ3) is 3.49. The molecule has 0 spiro atoms. The van der Waals surface area contributed by atoms with E-state index in [1.54, 1.807) is 22.2 Å². The van der Waals surface area contributed by atoms with E-state index in [1.165, 1.54) is 10.4 Å². The Hall–Kier alpha value is -2.10. The minimum Gasteiger partial charge on any atom is -0.370 e. The molecule has 0 fully saturated rings. The third-order valence-electron chi connectivity index (χ3n) is 5.22. The maximum Gasteiger partial charge on any atom is 0.291 e. The van der Waals surface area contributed by atoms with Crippen LogP contribution < -0.4 is 5.32 Å². The number of ether oxygens (including phenoxy) is 1. The van der Waals surface area contributed by atoms with Crippen LogP contribution in [0.15, 0.2) is 6.33 Å². The maximum absolute atomic E-state index is 12.5. The van der Waals surface area contributed by atoms with Crippen molar-refractivity contribution in [3.05, 3.63) is 22.6 Å².